The van der Waals surface area contributed by atoms with Crippen molar-refractivity contribution in [3.8, 4) is 28.7 Å². The number of carbonyl (C=O) groups is 2. The number of fused-ring (bicyclic) bond motifs is 1. The van der Waals surface area contributed by atoms with Gasteiger partial charge in [-0.15, -0.1) is 0 Å². The number of carboxylic acid groups (broad SMARTS) is 1. The molecule has 3 heterocycles. The molecule has 2 saturated heterocycles. The van der Waals surface area contributed by atoms with Crippen molar-refractivity contribution >= 4 is 18.0 Å². The number of ether oxygens (including phenoxy) is 6. The molecule has 11 N–H and O–H groups in total. The van der Waals surface area contributed by atoms with Crippen LogP contribution in [0.5, 0.6) is 28.7 Å². The lowest BCUT2D eigenvalue weighted by atomic mass is 9.98. The smallest absolute Gasteiger partial charge is 0.317 e. The minimum Gasteiger partial charge on any atom is -0.508 e. The molecule has 0 radical (unpaired) electrons. The minimum atomic E-state index is -1.94. The summed E-state index contributed by atoms with van der Waals surface area (Å²) in [6.07, 6.45) is -18.5. The number of phenols is 3. The van der Waals surface area contributed by atoms with Gasteiger partial charge in [-0.3, -0.25) is 9.59 Å². The van der Waals surface area contributed by atoms with Crippen molar-refractivity contribution in [2.24, 2.45) is 0 Å². The third-order valence-electron chi connectivity index (χ3n) is 7.90. The van der Waals surface area contributed by atoms with E-state index >= 15 is 0 Å². The van der Waals surface area contributed by atoms with Gasteiger partial charge in [0.1, 0.15) is 84.9 Å². The molecule has 2 aromatic carbocycles. The SMILES string of the molecule is O=C(O)CC(=O)OCC1OC(OC2=Cc3c(cc(O)cc3OC3OC(CO)C(O)C(O)C3O)OC2c2ccc(O)c(O)c2)C(O)C(O)C1O. The number of aromatic hydroxyl groups is 3. The zero-order chi connectivity index (χ0) is 35.7. The third-order valence-corrected chi connectivity index (χ3v) is 7.90. The van der Waals surface area contributed by atoms with Gasteiger partial charge in [0.05, 0.1) is 12.2 Å². The Balaban J connectivity index is 1.49. The van der Waals surface area contributed by atoms with Gasteiger partial charge in [0.25, 0.3) is 0 Å². The Morgan fingerprint density at radius 2 is 1.39 bits per heavy atom. The number of carboxylic acids is 1. The molecule has 268 valence electrons. The van der Waals surface area contributed by atoms with Crippen molar-refractivity contribution < 1.29 is 94.2 Å². The molecule has 0 amide bonds. The van der Waals surface area contributed by atoms with Crippen LogP contribution in [0.3, 0.4) is 0 Å². The van der Waals surface area contributed by atoms with Crippen molar-refractivity contribution in [2.75, 3.05) is 13.2 Å². The number of esters is 1. The van der Waals surface area contributed by atoms with E-state index in [2.05, 4.69) is 0 Å². The molecule has 0 bridgehead atoms. The molecule has 3 aliphatic heterocycles. The van der Waals surface area contributed by atoms with Gasteiger partial charge in [-0.2, -0.15) is 0 Å². The van der Waals surface area contributed by atoms with Crippen LogP contribution in [0.15, 0.2) is 36.1 Å². The highest BCUT2D eigenvalue weighted by molar-refractivity contribution is 5.90. The summed E-state index contributed by atoms with van der Waals surface area (Å²) >= 11 is 0. The highest BCUT2D eigenvalue weighted by Gasteiger charge is 2.48. The molecule has 11 unspecified atom stereocenters. The van der Waals surface area contributed by atoms with Gasteiger partial charge in [0.15, 0.2) is 17.6 Å². The maximum atomic E-state index is 11.8. The Morgan fingerprint density at radius 1 is 0.755 bits per heavy atom. The molecule has 5 rings (SSSR count). The highest BCUT2D eigenvalue weighted by Crippen LogP contribution is 2.46. The first-order valence-corrected chi connectivity index (χ1v) is 14.7. The molecule has 19 nitrogen and oxygen atoms in total. The van der Waals surface area contributed by atoms with Gasteiger partial charge < -0.3 is 84.6 Å². The number of rotatable bonds is 10. The van der Waals surface area contributed by atoms with Gasteiger partial charge >= 0.3 is 11.9 Å². The van der Waals surface area contributed by atoms with E-state index < -0.39 is 116 Å². The van der Waals surface area contributed by atoms with Crippen molar-refractivity contribution in [3.63, 3.8) is 0 Å². The Kier molecular flexibility index (Phi) is 10.7. The molecule has 0 aliphatic carbocycles. The number of hydrogen-bond donors (Lipinski definition) is 11. The Bertz CT molecular complexity index is 1560. The molecule has 11 atom stereocenters. The monoisotopic (exact) mass is 698 g/mol. The summed E-state index contributed by atoms with van der Waals surface area (Å²) in [7, 11) is 0. The zero-order valence-corrected chi connectivity index (χ0v) is 25.1. The molecule has 49 heavy (non-hydrogen) atoms. The van der Waals surface area contributed by atoms with E-state index in [4.69, 9.17) is 33.5 Å². The first-order valence-electron chi connectivity index (χ1n) is 14.7. The summed E-state index contributed by atoms with van der Waals surface area (Å²) in [5.74, 6) is -4.71. The number of carbonyl (C=O) groups excluding carboxylic acids is 1. The van der Waals surface area contributed by atoms with Crippen molar-refractivity contribution in [2.45, 2.75) is 73.9 Å². The number of hydrogen-bond acceptors (Lipinski definition) is 18. The summed E-state index contributed by atoms with van der Waals surface area (Å²) in [5, 5.41) is 111. The fourth-order valence-corrected chi connectivity index (χ4v) is 5.28. The van der Waals surface area contributed by atoms with Crippen molar-refractivity contribution in [3.05, 3.63) is 47.2 Å². The Hall–Kier alpha value is -4.44. The minimum absolute atomic E-state index is 0.00552. The Labute approximate surface area is 275 Å². The Morgan fingerprint density at radius 3 is 2.02 bits per heavy atom. The van der Waals surface area contributed by atoms with E-state index in [1.807, 2.05) is 0 Å². The molecule has 2 aromatic rings. The first kappa shape index (κ1) is 35.9. The quantitative estimate of drug-likeness (QED) is 0.0683. The molecule has 0 spiro atoms. The summed E-state index contributed by atoms with van der Waals surface area (Å²) in [6, 6.07) is 5.79. The normalized spacial score (nSPS) is 32.6. The van der Waals surface area contributed by atoms with Crippen LogP contribution in [0.2, 0.25) is 0 Å². The summed E-state index contributed by atoms with van der Waals surface area (Å²) in [6.45, 7) is -1.50. The van der Waals surface area contributed by atoms with E-state index in [9.17, 15) is 60.7 Å². The number of aliphatic hydroxyl groups excluding tert-OH is 7. The molecule has 19 heteroatoms. The van der Waals surface area contributed by atoms with Crippen LogP contribution in [0.25, 0.3) is 6.08 Å². The fraction of sp³-hybridized carbons (Fsp3) is 0.467. The van der Waals surface area contributed by atoms with Crippen LogP contribution in [0.4, 0.5) is 0 Å². The predicted molar refractivity (Wildman–Crippen MR) is 155 cm³/mol. The van der Waals surface area contributed by atoms with Gasteiger partial charge in [-0.1, -0.05) is 6.07 Å². The molecule has 0 aromatic heterocycles. The average molecular weight is 699 g/mol. The van der Waals surface area contributed by atoms with Crippen LogP contribution in [0.1, 0.15) is 23.7 Å². The predicted octanol–water partition coefficient (Wildman–Crippen LogP) is -2.70. The van der Waals surface area contributed by atoms with Crippen LogP contribution < -0.4 is 9.47 Å². The second-order valence-electron chi connectivity index (χ2n) is 11.3. The maximum Gasteiger partial charge on any atom is 0.317 e. The van der Waals surface area contributed by atoms with E-state index in [-0.39, 0.29) is 28.4 Å². The number of aliphatic carboxylic acids is 1. The van der Waals surface area contributed by atoms with E-state index in [0.717, 1.165) is 24.3 Å². The van der Waals surface area contributed by atoms with Crippen LogP contribution in [-0.2, 0) is 28.5 Å². The number of phenolic OH excluding ortho intramolecular Hbond substituents is 3. The molecular weight excluding hydrogens is 664 g/mol. The maximum absolute atomic E-state index is 11.8. The largest absolute Gasteiger partial charge is 0.508 e. The lowest BCUT2D eigenvalue weighted by Gasteiger charge is -2.41. The van der Waals surface area contributed by atoms with Crippen molar-refractivity contribution in [1.29, 1.82) is 0 Å². The highest BCUT2D eigenvalue weighted by atomic mass is 16.7. The standard InChI is InChI=1S/C30H34O19/c31-8-18-22(38)24(40)26(42)29(48-18)46-16-5-11(32)4-15-12(16)6-17(28(45-15)10-1-2-13(33)14(34)3-10)47-30-27(43)25(41)23(39)19(49-30)9-44-21(37)7-20(35)36/h1-6,18-19,22-34,38-43H,7-9H2,(H,35,36). The zero-order valence-electron chi connectivity index (χ0n) is 25.1. The van der Waals surface area contributed by atoms with Crippen LogP contribution in [0, 0.1) is 0 Å². The van der Waals surface area contributed by atoms with Gasteiger partial charge in [0, 0.05) is 17.7 Å². The van der Waals surface area contributed by atoms with E-state index in [1.54, 1.807) is 0 Å². The van der Waals surface area contributed by atoms with Crippen molar-refractivity contribution in [1.82, 2.24) is 0 Å². The second-order valence-corrected chi connectivity index (χ2v) is 11.3. The molecule has 0 saturated carbocycles. The summed E-state index contributed by atoms with van der Waals surface area (Å²) in [4.78, 5) is 22.6. The fourth-order valence-electron chi connectivity index (χ4n) is 5.28. The molecule has 2 fully saturated rings. The van der Waals surface area contributed by atoms with Gasteiger partial charge in [-0.25, -0.2) is 0 Å². The average Bonchev–Trinajstić information content (AvgIpc) is 3.05. The van der Waals surface area contributed by atoms with E-state index in [0.29, 0.717) is 0 Å². The lowest BCUT2D eigenvalue weighted by Crippen LogP contribution is -2.60. The lowest BCUT2D eigenvalue weighted by molar-refractivity contribution is -0.294. The van der Waals surface area contributed by atoms with Gasteiger partial charge in [0.2, 0.25) is 12.6 Å². The molecule has 3 aliphatic rings. The first-order chi connectivity index (χ1) is 23.2. The topological polar surface area (TPSA) is 312 Å². The summed E-state index contributed by atoms with van der Waals surface area (Å²) < 4.78 is 33.6. The van der Waals surface area contributed by atoms with Crippen LogP contribution >= 0.6 is 0 Å². The van der Waals surface area contributed by atoms with E-state index in [1.165, 1.54) is 12.1 Å². The molecular formula is C30H34O19. The number of aliphatic hydroxyl groups is 7. The summed E-state index contributed by atoms with van der Waals surface area (Å²) in [5.41, 5.74) is 0.131. The van der Waals surface area contributed by atoms with Gasteiger partial charge in [-0.05, 0) is 18.2 Å². The second kappa shape index (κ2) is 14.6. The van der Waals surface area contributed by atoms with Crippen LogP contribution in [-0.4, -0.2) is 143 Å². The third kappa shape index (κ3) is 7.59. The number of benzene rings is 2.